The Morgan fingerprint density at radius 3 is 2.47 bits per heavy atom. The lowest BCUT2D eigenvalue weighted by Crippen LogP contribution is -2.44. The highest BCUT2D eigenvalue weighted by molar-refractivity contribution is 4.89. The van der Waals surface area contributed by atoms with Gasteiger partial charge in [0.2, 0.25) is 0 Å². The van der Waals surface area contributed by atoms with E-state index < -0.39 is 0 Å². The summed E-state index contributed by atoms with van der Waals surface area (Å²) in [4.78, 5) is 0. The fraction of sp³-hybridized carbons (Fsp3) is 1.00. The Bertz CT molecular complexity index is 242. The van der Waals surface area contributed by atoms with Crippen molar-refractivity contribution in [2.24, 2.45) is 17.3 Å². The van der Waals surface area contributed by atoms with E-state index in [4.69, 9.17) is 0 Å². The van der Waals surface area contributed by atoms with Crippen LogP contribution in [0.1, 0.15) is 72.6 Å². The van der Waals surface area contributed by atoms with E-state index in [1.54, 1.807) is 0 Å². The second kappa shape index (κ2) is 5.30. The normalized spacial score (nSPS) is 34.6. The molecule has 0 saturated heterocycles. The van der Waals surface area contributed by atoms with Gasteiger partial charge < -0.3 is 5.32 Å². The third-order valence-corrected chi connectivity index (χ3v) is 4.67. The smallest absolute Gasteiger partial charge is 0.00772 e. The van der Waals surface area contributed by atoms with Crippen LogP contribution in [0.5, 0.6) is 0 Å². The highest BCUT2D eigenvalue weighted by atomic mass is 15.0. The standard InChI is InChI=1S/C16H31N/c1-5-14(9-13-6-7-13)17-15-8-12(2)10-16(3,4)11-15/h12-15,17H,5-11H2,1-4H3. The molecule has 1 heteroatoms. The van der Waals surface area contributed by atoms with Gasteiger partial charge in [-0.2, -0.15) is 0 Å². The zero-order chi connectivity index (χ0) is 12.5. The first-order valence-electron chi connectivity index (χ1n) is 7.74. The van der Waals surface area contributed by atoms with Crippen molar-refractivity contribution in [2.75, 3.05) is 0 Å². The molecular weight excluding hydrogens is 206 g/mol. The average Bonchev–Trinajstić information content (AvgIpc) is 2.97. The summed E-state index contributed by atoms with van der Waals surface area (Å²) in [6.07, 6.45) is 9.90. The van der Waals surface area contributed by atoms with Crippen molar-refractivity contribution in [2.45, 2.75) is 84.7 Å². The summed E-state index contributed by atoms with van der Waals surface area (Å²) in [6, 6.07) is 1.56. The van der Waals surface area contributed by atoms with Crippen molar-refractivity contribution in [1.82, 2.24) is 5.32 Å². The number of hydrogen-bond acceptors (Lipinski definition) is 1. The fourth-order valence-electron chi connectivity index (χ4n) is 3.91. The number of nitrogens with one attached hydrogen (secondary N) is 1. The second-order valence-electron chi connectivity index (χ2n) is 7.56. The maximum Gasteiger partial charge on any atom is 0.00772 e. The molecule has 0 aromatic carbocycles. The molecule has 0 aliphatic heterocycles. The van der Waals surface area contributed by atoms with E-state index in [2.05, 4.69) is 33.0 Å². The Morgan fingerprint density at radius 2 is 1.94 bits per heavy atom. The Hall–Kier alpha value is -0.0400. The zero-order valence-electron chi connectivity index (χ0n) is 12.3. The Balaban J connectivity index is 1.83. The van der Waals surface area contributed by atoms with E-state index in [1.165, 1.54) is 44.9 Å². The Morgan fingerprint density at radius 1 is 1.24 bits per heavy atom. The summed E-state index contributed by atoms with van der Waals surface area (Å²) in [7, 11) is 0. The van der Waals surface area contributed by atoms with Crippen molar-refractivity contribution in [3.05, 3.63) is 0 Å². The molecule has 0 aromatic heterocycles. The summed E-state index contributed by atoms with van der Waals surface area (Å²) in [5.41, 5.74) is 0.549. The van der Waals surface area contributed by atoms with Crippen LogP contribution in [0.2, 0.25) is 0 Å². The number of rotatable bonds is 5. The van der Waals surface area contributed by atoms with E-state index in [-0.39, 0.29) is 0 Å². The molecule has 0 bridgehead atoms. The van der Waals surface area contributed by atoms with Crippen molar-refractivity contribution in [1.29, 1.82) is 0 Å². The monoisotopic (exact) mass is 237 g/mol. The van der Waals surface area contributed by atoms with Gasteiger partial charge in [-0.1, -0.05) is 40.5 Å². The first kappa shape index (κ1) is 13.4. The summed E-state index contributed by atoms with van der Waals surface area (Å²) in [5.74, 6) is 1.95. The third-order valence-electron chi connectivity index (χ3n) is 4.67. The summed E-state index contributed by atoms with van der Waals surface area (Å²) < 4.78 is 0. The lowest BCUT2D eigenvalue weighted by Gasteiger charge is -2.40. The van der Waals surface area contributed by atoms with Crippen LogP contribution >= 0.6 is 0 Å². The molecule has 2 aliphatic rings. The molecular formula is C16H31N. The molecule has 0 radical (unpaired) electrons. The molecule has 100 valence electrons. The van der Waals surface area contributed by atoms with Crippen molar-refractivity contribution >= 4 is 0 Å². The molecule has 2 rings (SSSR count). The minimum absolute atomic E-state index is 0.549. The first-order chi connectivity index (χ1) is 7.98. The highest BCUT2D eigenvalue weighted by Gasteiger charge is 2.33. The van der Waals surface area contributed by atoms with E-state index in [0.29, 0.717) is 5.41 Å². The van der Waals surface area contributed by atoms with Gasteiger partial charge in [0.15, 0.2) is 0 Å². The molecule has 0 amide bonds. The molecule has 2 fully saturated rings. The van der Waals surface area contributed by atoms with Crippen LogP contribution in [0.3, 0.4) is 0 Å². The van der Waals surface area contributed by atoms with Gasteiger partial charge in [0.25, 0.3) is 0 Å². The molecule has 3 unspecified atom stereocenters. The average molecular weight is 237 g/mol. The van der Waals surface area contributed by atoms with Crippen LogP contribution in [0, 0.1) is 17.3 Å². The summed E-state index contributed by atoms with van der Waals surface area (Å²) >= 11 is 0. The fourth-order valence-corrected chi connectivity index (χ4v) is 3.91. The van der Waals surface area contributed by atoms with E-state index in [9.17, 15) is 0 Å². The quantitative estimate of drug-likeness (QED) is 0.748. The van der Waals surface area contributed by atoms with Crippen molar-refractivity contribution in [3.63, 3.8) is 0 Å². The van der Waals surface area contributed by atoms with Gasteiger partial charge in [-0.15, -0.1) is 0 Å². The Kier molecular flexibility index (Phi) is 4.18. The molecule has 0 heterocycles. The van der Waals surface area contributed by atoms with Gasteiger partial charge in [-0.25, -0.2) is 0 Å². The lowest BCUT2D eigenvalue weighted by atomic mass is 9.70. The molecule has 2 saturated carbocycles. The van der Waals surface area contributed by atoms with Crippen molar-refractivity contribution in [3.8, 4) is 0 Å². The van der Waals surface area contributed by atoms with Crippen molar-refractivity contribution < 1.29 is 0 Å². The summed E-state index contributed by atoms with van der Waals surface area (Å²) in [5, 5.41) is 3.96. The molecule has 0 aromatic rings. The molecule has 3 atom stereocenters. The summed E-state index contributed by atoms with van der Waals surface area (Å²) in [6.45, 7) is 9.66. The minimum atomic E-state index is 0.549. The molecule has 0 spiro atoms. The molecule has 2 aliphatic carbocycles. The van der Waals surface area contributed by atoms with E-state index >= 15 is 0 Å². The van der Waals surface area contributed by atoms with Crippen LogP contribution in [-0.2, 0) is 0 Å². The van der Waals surface area contributed by atoms with Gasteiger partial charge >= 0.3 is 0 Å². The van der Waals surface area contributed by atoms with Gasteiger partial charge in [0.05, 0.1) is 0 Å². The number of hydrogen-bond donors (Lipinski definition) is 1. The van der Waals surface area contributed by atoms with E-state index in [0.717, 1.165) is 23.9 Å². The Labute approximate surface area is 108 Å². The molecule has 17 heavy (non-hydrogen) atoms. The van der Waals surface area contributed by atoms with Crippen LogP contribution in [0.15, 0.2) is 0 Å². The highest BCUT2D eigenvalue weighted by Crippen LogP contribution is 2.39. The van der Waals surface area contributed by atoms with Crippen LogP contribution in [0.4, 0.5) is 0 Å². The van der Waals surface area contributed by atoms with Crippen LogP contribution in [0.25, 0.3) is 0 Å². The minimum Gasteiger partial charge on any atom is -0.311 e. The predicted octanol–water partition coefficient (Wildman–Crippen LogP) is 4.37. The SMILES string of the molecule is CCC(CC1CC1)NC1CC(C)CC(C)(C)C1. The first-order valence-corrected chi connectivity index (χ1v) is 7.74. The topological polar surface area (TPSA) is 12.0 Å². The lowest BCUT2D eigenvalue weighted by molar-refractivity contribution is 0.142. The molecule has 1 nitrogen and oxygen atoms in total. The van der Waals surface area contributed by atoms with Gasteiger partial charge in [-0.3, -0.25) is 0 Å². The largest absolute Gasteiger partial charge is 0.311 e. The van der Waals surface area contributed by atoms with Crippen LogP contribution in [-0.4, -0.2) is 12.1 Å². The predicted molar refractivity (Wildman–Crippen MR) is 75.1 cm³/mol. The van der Waals surface area contributed by atoms with Gasteiger partial charge in [-0.05, 0) is 49.4 Å². The second-order valence-corrected chi connectivity index (χ2v) is 7.56. The maximum atomic E-state index is 3.96. The molecule has 1 N–H and O–H groups in total. The van der Waals surface area contributed by atoms with Crippen LogP contribution < -0.4 is 5.32 Å². The zero-order valence-corrected chi connectivity index (χ0v) is 12.3. The third kappa shape index (κ3) is 4.28. The van der Waals surface area contributed by atoms with Gasteiger partial charge in [0, 0.05) is 12.1 Å². The van der Waals surface area contributed by atoms with Gasteiger partial charge in [0.1, 0.15) is 0 Å². The van der Waals surface area contributed by atoms with E-state index in [1.807, 2.05) is 0 Å². The maximum absolute atomic E-state index is 3.96.